The van der Waals surface area contributed by atoms with E-state index < -0.39 is 6.04 Å². The molecule has 2 aromatic carbocycles. The molecule has 2 heterocycles. The summed E-state index contributed by atoms with van der Waals surface area (Å²) in [6, 6.07) is 11.8. The van der Waals surface area contributed by atoms with Crippen molar-refractivity contribution in [2.75, 3.05) is 10.6 Å². The highest BCUT2D eigenvalue weighted by Crippen LogP contribution is 2.36. The molecule has 1 atom stereocenters. The second-order valence-corrected chi connectivity index (χ2v) is 7.37. The van der Waals surface area contributed by atoms with Gasteiger partial charge in [0.15, 0.2) is 0 Å². The molecule has 1 unspecified atom stereocenters. The topological polar surface area (TPSA) is 76.0 Å². The fourth-order valence-corrected chi connectivity index (χ4v) is 3.47. The molecule has 4 rings (SSSR count). The van der Waals surface area contributed by atoms with Gasteiger partial charge in [0.2, 0.25) is 5.91 Å². The lowest BCUT2D eigenvalue weighted by Gasteiger charge is -2.12. The van der Waals surface area contributed by atoms with Crippen molar-refractivity contribution in [1.29, 1.82) is 0 Å². The van der Waals surface area contributed by atoms with E-state index in [1.807, 2.05) is 19.1 Å². The Morgan fingerprint density at radius 2 is 1.96 bits per heavy atom. The summed E-state index contributed by atoms with van der Waals surface area (Å²) in [5.74, 6) is 0.0160. The molecule has 0 radical (unpaired) electrons. The summed E-state index contributed by atoms with van der Waals surface area (Å²) in [6.07, 6.45) is 1.64. The van der Waals surface area contributed by atoms with Gasteiger partial charge in [-0.25, -0.2) is 4.68 Å². The molecule has 142 valence electrons. The molecule has 3 aromatic rings. The average molecular weight is 415 g/mol. The first-order chi connectivity index (χ1) is 13.4. The van der Waals surface area contributed by atoms with Crippen molar-refractivity contribution in [3.05, 3.63) is 64.3 Å². The number of benzene rings is 2. The Labute approximate surface area is 171 Å². The molecule has 0 saturated carbocycles. The van der Waals surface area contributed by atoms with Crippen LogP contribution in [0.1, 0.15) is 18.0 Å². The van der Waals surface area contributed by atoms with E-state index in [1.54, 1.807) is 41.2 Å². The molecule has 2 amide bonds. The molecular weight excluding hydrogens is 399 g/mol. The van der Waals surface area contributed by atoms with Gasteiger partial charge in [0.05, 0.1) is 12.6 Å². The predicted molar refractivity (Wildman–Crippen MR) is 110 cm³/mol. The van der Waals surface area contributed by atoms with E-state index in [1.165, 1.54) is 0 Å². The number of nitrogens with zero attached hydrogens (tertiary/aromatic N) is 2. The summed E-state index contributed by atoms with van der Waals surface area (Å²) in [5, 5.41) is 11.2. The Balaban J connectivity index is 1.54. The Hall–Kier alpha value is -2.83. The predicted octanol–water partition coefficient (Wildman–Crippen LogP) is 4.69. The Morgan fingerprint density at radius 3 is 2.71 bits per heavy atom. The zero-order valence-corrected chi connectivity index (χ0v) is 16.4. The van der Waals surface area contributed by atoms with Crippen molar-refractivity contribution in [3.8, 4) is 11.1 Å². The second kappa shape index (κ2) is 7.30. The van der Waals surface area contributed by atoms with Crippen LogP contribution < -0.4 is 10.6 Å². The van der Waals surface area contributed by atoms with Gasteiger partial charge in [-0.05, 0) is 42.3 Å². The standard InChI is InChI=1S/C20H16Cl2N4O2/c1-11-15(22)3-2-4-16(11)24-18(27)9-17-20(28)25-19-14(10-23-26(17)19)12-5-7-13(21)8-6-12/h2-8,10,17H,9H2,1H3,(H,24,27)(H,25,28). The number of hydrogen-bond acceptors (Lipinski definition) is 3. The molecule has 28 heavy (non-hydrogen) atoms. The maximum atomic E-state index is 12.5. The van der Waals surface area contributed by atoms with E-state index in [0.29, 0.717) is 21.6 Å². The Kier molecular flexibility index (Phi) is 4.83. The van der Waals surface area contributed by atoms with Crippen molar-refractivity contribution < 1.29 is 9.59 Å². The second-order valence-electron chi connectivity index (χ2n) is 6.53. The molecule has 0 saturated heterocycles. The van der Waals surface area contributed by atoms with Gasteiger partial charge >= 0.3 is 0 Å². The van der Waals surface area contributed by atoms with Crippen LogP contribution in [0.15, 0.2) is 48.7 Å². The van der Waals surface area contributed by atoms with Crippen LogP contribution in [0.25, 0.3) is 11.1 Å². The maximum absolute atomic E-state index is 12.5. The molecule has 1 aliphatic heterocycles. The molecule has 2 N–H and O–H groups in total. The van der Waals surface area contributed by atoms with Crippen LogP contribution >= 0.6 is 23.2 Å². The molecular formula is C20H16Cl2N4O2. The van der Waals surface area contributed by atoms with Crippen molar-refractivity contribution in [3.63, 3.8) is 0 Å². The van der Waals surface area contributed by atoms with Gasteiger partial charge in [0.1, 0.15) is 11.9 Å². The SMILES string of the molecule is Cc1c(Cl)cccc1NC(=O)CC1C(=O)Nc2c(-c3ccc(Cl)cc3)cnn21. The number of nitrogens with one attached hydrogen (secondary N) is 2. The lowest BCUT2D eigenvalue weighted by molar-refractivity contribution is -0.123. The maximum Gasteiger partial charge on any atom is 0.251 e. The third kappa shape index (κ3) is 3.37. The zero-order chi connectivity index (χ0) is 19.8. The summed E-state index contributed by atoms with van der Waals surface area (Å²) in [5.41, 5.74) is 3.06. The minimum Gasteiger partial charge on any atom is -0.326 e. The number of rotatable bonds is 4. The van der Waals surface area contributed by atoms with E-state index in [4.69, 9.17) is 23.2 Å². The van der Waals surface area contributed by atoms with E-state index in [2.05, 4.69) is 15.7 Å². The number of carbonyl (C=O) groups excluding carboxylic acids is 2. The van der Waals surface area contributed by atoms with Crippen LogP contribution in [0.3, 0.4) is 0 Å². The minimum atomic E-state index is -0.712. The van der Waals surface area contributed by atoms with Crippen molar-refractivity contribution in [2.24, 2.45) is 0 Å². The molecule has 0 bridgehead atoms. The first-order valence-electron chi connectivity index (χ1n) is 8.63. The molecule has 0 fully saturated rings. The number of carbonyl (C=O) groups is 2. The quantitative estimate of drug-likeness (QED) is 0.649. The van der Waals surface area contributed by atoms with E-state index in [-0.39, 0.29) is 18.2 Å². The van der Waals surface area contributed by atoms with Gasteiger partial charge in [-0.3, -0.25) is 9.59 Å². The summed E-state index contributed by atoms with van der Waals surface area (Å²) in [7, 11) is 0. The molecule has 0 spiro atoms. The lowest BCUT2D eigenvalue weighted by Crippen LogP contribution is -2.23. The van der Waals surface area contributed by atoms with Crippen LogP contribution in [-0.2, 0) is 9.59 Å². The summed E-state index contributed by atoms with van der Waals surface area (Å²) >= 11 is 12.0. The number of fused-ring (bicyclic) bond motifs is 1. The zero-order valence-electron chi connectivity index (χ0n) is 14.9. The third-order valence-electron chi connectivity index (χ3n) is 4.71. The van der Waals surface area contributed by atoms with Gasteiger partial charge in [-0.2, -0.15) is 5.10 Å². The van der Waals surface area contributed by atoms with E-state index in [0.717, 1.165) is 16.7 Å². The van der Waals surface area contributed by atoms with Crippen LogP contribution in [0.5, 0.6) is 0 Å². The number of amides is 2. The van der Waals surface area contributed by atoms with Crippen LogP contribution in [0.2, 0.25) is 10.0 Å². The normalized spacial score (nSPS) is 15.2. The molecule has 1 aromatic heterocycles. The van der Waals surface area contributed by atoms with Gasteiger partial charge in [-0.1, -0.05) is 41.4 Å². The van der Waals surface area contributed by atoms with Gasteiger partial charge in [0, 0.05) is 21.3 Å². The highest BCUT2D eigenvalue weighted by atomic mass is 35.5. The molecule has 8 heteroatoms. The molecule has 0 aliphatic carbocycles. The van der Waals surface area contributed by atoms with Gasteiger partial charge < -0.3 is 10.6 Å². The largest absolute Gasteiger partial charge is 0.326 e. The average Bonchev–Trinajstić information content (AvgIpc) is 3.20. The Morgan fingerprint density at radius 1 is 1.21 bits per heavy atom. The summed E-state index contributed by atoms with van der Waals surface area (Å²) < 4.78 is 1.55. The van der Waals surface area contributed by atoms with Crippen LogP contribution in [0.4, 0.5) is 11.5 Å². The lowest BCUT2D eigenvalue weighted by atomic mass is 10.1. The number of halogens is 2. The first-order valence-corrected chi connectivity index (χ1v) is 9.39. The highest BCUT2D eigenvalue weighted by molar-refractivity contribution is 6.31. The van der Waals surface area contributed by atoms with Crippen molar-refractivity contribution >= 4 is 46.5 Å². The van der Waals surface area contributed by atoms with Crippen LogP contribution in [0, 0.1) is 6.92 Å². The summed E-state index contributed by atoms with van der Waals surface area (Å²) in [6.45, 7) is 1.82. The number of aromatic nitrogens is 2. The van der Waals surface area contributed by atoms with Crippen LogP contribution in [-0.4, -0.2) is 21.6 Å². The summed E-state index contributed by atoms with van der Waals surface area (Å²) in [4.78, 5) is 25.0. The van der Waals surface area contributed by atoms with E-state index >= 15 is 0 Å². The highest BCUT2D eigenvalue weighted by Gasteiger charge is 2.35. The fourth-order valence-electron chi connectivity index (χ4n) is 3.17. The minimum absolute atomic E-state index is 0.0352. The molecule has 6 nitrogen and oxygen atoms in total. The molecule has 1 aliphatic rings. The number of hydrogen-bond donors (Lipinski definition) is 2. The monoisotopic (exact) mass is 414 g/mol. The smallest absolute Gasteiger partial charge is 0.251 e. The van der Waals surface area contributed by atoms with Gasteiger partial charge in [0.25, 0.3) is 5.91 Å². The van der Waals surface area contributed by atoms with E-state index in [9.17, 15) is 9.59 Å². The van der Waals surface area contributed by atoms with Gasteiger partial charge in [-0.15, -0.1) is 0 Å². The Bertz CT molecular complexity index is 1080. The number of anilines is 2. The van der Waals surface area contributed by atoms with Crippen molar-refractivity contribution in [1.82, 2.24) is 9.78 Å². The third-order valence-corrected chi connectivity index (χ3v) is 5.37. The fraction of sp³-hybridized carbons (Fsp3) is 0.150. The van der Waals surface area contributed by atoms with Crippen molar-refractivity contribution in [2.45, 2.75) is 19.4 Å². The first kappa shape index (κ1) is 18.5.